The summed E-state index contributed by atoms with van der Waals surface area (Å²) >= 11 is 0. The number of nitrogens with two attached hydrogens (primary N) is 1. The lowest BCUT2D eigenvalue weighted by molar-refractivity contribution is 0.174. The number of nitrogens with zero attached hydrogens (tertiary/aromatic N) is 2. The van der Waals surface area contributed by atoms with Crippen LogP contribution in [0.25, 0.3) is 11.3 Å². The molecule has 0 unspecified atom stereocenters. The molecule has 0 amide bonds. The third-order valence-corrected chi connectivity index (χ3v) is 5.13. The van der Waals surface area contributed by atoms with Crippen molar-refractivity contribution in [3.05, 3.63) is 65.0 Å². The van der Waals surface area contributed by atoms with Crippen LogP contribution in [0.15, 0.2) is 53.9 Å². The second kappa shape index (κ2) is 7.04. The first-order valence-electron chi connectivity index (χ1n) is 9.48. The second-order valence-corrected chi connectivity index (χ2v) is 6.78. The molecular formula is C22H18N4O4. The number of nitriles is 1. The predicted octanol–water partition coefficient (Wildman–Crippen LogP) is 3.42. The zero-order valence-electron chi connectivity index (χ0n) is 16.1. The predicted molar refractivity (Wildman–Crippen MR) is 107 cm³/mol. The van der Waals surface area contributed by atoms with E-state index in [2.05, 4.69) is 16.3 Å². The Morgan fingerprint density at radius 3 is 2.90 bits per heavy atom. The highest BCUT2D eigenvalue weighted by Gasteiger charge is 2.37. The third-order valence-electron chi connectivity index (χ3n) is 5.13. The quantitative estimate of drug-likeness (QED) is 0.687. The van der Waals surface area contributed by atoms with Crippen LogP contribution in [0.2, 0.25) is 0 Å². The molecule has 150 valence electrons. The Kier molecular flexibility index (Phi) is 4.21. The maximum Gasteiger partial charge on any atom is 0.244 e. The summed E-state index contributed by atoms with van der Waals surface area (Å²) in [6.07, 6.45) is 0. The molecule has 3 N–H and O–H groups in total. The molecule has 5 rings (SSSR count). The SMILES string of the molecule is CCOc1ccccc1[C@@H]1C(C#N)=C(N)Oc2n[nH]c(-c3ccc4c(c3)OCO4)c21. The fourth-order valence-electron chi connectivity index (χ4n) is 3.83. The monoisotopic (exact) mass is 402 g/mol. The number of hydrogen-bond donors (Lipinski definition) is 2. The van der Waals surface area contributed by atoms with Gasteiger partial charge in [0.25, 0.3) is 0 Å². The Balaban J connectivity index is 1.71. The topological polar surface area (TPSA) is 115 Å². The van der Waals surface area contributed by atoms with Crippen LogP contribution in [0.1, 0.15) is 24.0 Å². The van der Waals surface area contributed by atoms with Crippen molar-refractivity contribution in [1.29, 1.82) is 5.26 Å². The summed E-state index contributed by atoms with van der Waals surface area (Å²) in [5.41, 5.74) is 9.45. The number of allylic oxidation sites excluding steroid dienone is 1. The number of benzene rings is 2. The highest BCUT2D eigenvalue weighted by molar-refractivity contribution is 5.73. The molecule has 1 aromatic heterocycles. The summed E-state index contributed by atoms with van der Waals surface area (Å²) in [6.45, 7) is 2.59. The lowest BCUT2D eigenvalue weighted by atomic mass is 9.82. The molecule has 0 saturated carbocycles. The highest BCUT2D eigenvalue weighted by atomic mass is 16.7. The van der Waals surface area contributed by atoms with E-state index in [0.29, 0.717) is 46.6 Å². The van der Waals surface area contributed by atoms with Gasteiger partial charge >= 0.3 is 0 Å². The van der Waals surface area contributed by atoms with Crippen LogP contribution >= 0.6 is 0 Å². The van der Waals surface area contributed by atoms with E-state index in [9.17, 15) is 5.26 Å². The van der Waals surface area contributed by atoms with Crippen molar-refractivity contribution in [2.45, 2.75) is 12.8 Å². The first kappa shape index (κ1) is 17.9. The van der Waals surface area contributed by atoms with Crippen LogP contribution in [0.5, 0.6) is 23.1 Å². The second-order valence-electron chi connectivity index (χ2n) is 6.78. The number of H-pyrrole nitrogens is 1. The summed E-state index contributed by atoms with van der Waals surface area (Å²) in [5.74, 6) is 1.87. The van der Waals surface area contributed by atoms with Gasteiger partial charge in [-0.1, -0.05) is 18.2 Å². The van der Waals surface area contributed by atoms with Gasteiger partial charge in [0.05, 0.1) is 23.8 Å². The highest BCUT2D eigenvalue weighted by Crippen LogP contribution is 2.48. The van der Waals surface area contributed by atoms with Gasteiger partial charge in [0, 0.05) is 11.1 Å². The van der Waals surface area contributed by atoms with Crippen LogP contribution in [0, 0.1) is 11.3 Å². The molecule has 3 heterocycles. The van der Waals surface area contributed by atoms with E-state index in [4.69, 9.17) is 24.7 Å². The van der Waals surface area contributed by atoms with Gasteiger partial charge < -0.3 is 24.7 Å². The molecule has 8 nitrogen and oxygen atoms in total. The standard InChI is InChI=1S/C22H18N4O4/c1-2-27-15-6-4-3-5-13(15)18-14(10-23)21(24)30-22-19(18)20(25-26-22)12-7-8-16-17(9-12)29-11-28-16/h3-9,18H,2,11,24H2,1H3,(H,25,26)/t18-/m1/s1. The summed E-state index contributed by atoms with van der Waals surface area (Å²) in [7, 11) is 0. The minimum atomic E-state index is -0.499. The first-order valence-corrected chi connectivity index (χ1v) is 9.48. The van der Waals surface area contributed by atoms with Crippen LogP contribution in [0.4, 0.5) is 0 Å². The van der Waals surface area contributed by atoms with Gasteiger partial charge in [0.1, 0.15) is 17.4 Å². The third kappa shape index (κ3) is 2.71. The van der Waals surface area contributed by atoms with E-state index in [1.807, 2.05) is 49.4 Å². The number of ether oxygens (including phenoxy) is 4. The number of para-hydroxylation sites is 1. The van der Waals surface area contributed by atoms with E-state index >= 15 is 0 Å². The Labute approximate surface area is 172 Å². The van der Waals surface area contributed by atoms with Gasteiger partial charge in [0.15, 0.2) is 11.5 Å². The Morgan fingerprint density at radius 2 is 2.07 bits per heavy atom. The van der Waals surface area contributed by atoms with Crippen LogP contribution in [0.3, 0.4) is 0 Å². The van der Waals surface area contributed by atoms with Crippen molar-refractivity contribution in [2.24, 2.45) is 5.73 Å². The van der Waals surface area contributed by atoms with Gasteiger partial charge in [-0.05, 0) is 31.2 Å². The van der Waals surface area contributed by atoms with E-state index in [1.165, 1.54) is 0 Å². The molecule has 2 aromatic carbocycles. The number of aromatic amines is 1. The molecule has 3 aromatic rings. The van der Waals surface area contributed by atoms with Gasteiger partial charge in [-0.3, -0.25) is 5.10 Å². The van der Waals surface area contributed by atoms with Crippen LogP contribution in [-0.4, -0.2) is 23.6 Å². The number of hydrogen-bond acceptors (Lipinski definition) is 7. The molecule has 0 saturated heterocycles. The Morgan fingerprint density at radius 1 is 1.23 bits per heavy atom. The molecular weight excluding hydrogens is 384 g/mol. The minimum absolute atomic E-state index is 0.0324. The van der Waals surface area contributed by atoms with Crippen molar-refractivity contribution in [2.75, 3.05) is 13.4 Å². The fraction of sp³-hybridized carbons (Fsp3) is 0.182. The maximum atomic E-state index is 9.89. The van der Waals surface area contributed by atoms with Gasteiger partial charge in [-0.25, -0.2) is 0 Å². The lowest BCUT2D eigenvalue weighted by Gasteiger charge is -2.25. The number of aromatic nitrogens is 2. The van der Waals surface area contributed by atoms with E-state index < -0.39 is 5.92 Å². The Bertz CT molecular complexity index is 1210. The fourth-order valence-corrected chi connectivity index (χ4v) is 3.83. The summed E-state index contributed by atoms with van der Waals surface area (Å²) in [6, 6.07) is 15.4. The van der Waals surface area contributed by atoms with Crippen LogP contribution < -0.4 is 24.7 Å². The number of nitrogens with one attached hydrogen (secondary N) is 1. The molecule has 0 bridgehead atoms. The van der Waals surface area contributed by atoms with Gasteiger partial charge in [-0.15, -0.1) is 5.10 Å². The molecule has 0 radical (unpaired) electrons. The van der Waals surface area contributed by atoms with Crippen molar-refractivity contribution in [3.8, 4) is 40.5 Å². The van der Waals surface area contributed by atoms with E-state index in [-0.39, 0.29) is 12.7 Å². The largest absolute Gasteiger partial charge is 0.494 e. The first-order chi connectivity index (χ1) is 14.7. The molecule has 2 aliphatic rings. The number of rotatable bonds is 4. The van der Waals surface area contributed by atoms with Crippen molar-refractivity contribution in [1.82, 2.24) is 10.2 Å². The number of fused-ring (bicyclic) bond motifs is 2. The molecule has 30 heavy (non-hydrogen) atoms. The Hall–Kier alpha value is -4.12. The average molecular weight is 402 g/mol. The molecule has 2 aliphatic heterocycles. The smallest absolute Gasteiger partial charge is 0.244 e. The van der Waals surface area contributed by atoms with E-state index in [1.54, 1.807) is 0 Å². The van der Waals surface area contributed by atoms with Gasteiger partial charge in [-0.2, -0.15) is 5.26 Å². The average Bonchev–Trinajstić information content (AvgIpc) is 3.39. The van der Waals surface area contributed by atoms with Gasteiger partial charge in [0.2, 0.25) is 18.6 Å². The van der Waals surface area contributed by atoms with E-state index in [0.717, 1.165) is 11.1 Å². The summed E-state index contributed by atoms with van der Waals surface area (Å²) < 4.78 is 22.4. The van der Waals surface area contributed by atoms with Crippen molar-refractivity contribution >= 4 is 0 Å². The van der Waals surface area contributed by atoms with Crippen molar-refractivity contribution in [3.63, 3.8) is 0 Å². The maximum absolute atomic E-state index is 9.89. The molecule has 0 aliphatic carbocycles. The molecule has 8 heteroatoms. The summed E-state index contributed by atoms with van der Waals surface area (Å²) in [5, 5.41) is 17.2. The van der Waals surface area contributed by atoms with Crippen molar-refractivity contribution < 1.29 is 18.9 Å². The molecule has 0 spiro atoms. The van der Waals surface area contributed by atoms with Crippen LogP contribution in [-0.2, 0) is 0 Å². The normalized spacial score (nSPS) is 16.6. The zero-order valence-corrected chi connectivity index (χ0v) is 16.1. The summed E-state index contributed by atoms with van der Waals surface area (Å²) in [4.78, 5) is 0. The molecule has 1 atom stereocenters. The lowest BCUT2D eigenvalue weighted by Crippen LogP contribution is -2.21. The molecule has 0 fully saturated rings. The minimum Gasteiger partial charge on any atom is -0.494 e. The zero-order chi connectivity index (χ0) is 20.7.